The summed E-state index contributed by atoms with van der Waals surface area (Å²) in [7, 11) is 0. The van der Waals surface area contributed by atoms with Crippen LogP contribution in [0, 0.1) is 3.70 Å². The van der Waals surface area contributed by atoms with Crippen LogP contribution in [0.25, 0.3) is 11.0 Å². The van der Waals surface area contributed by atoms with Crippen LogP contribution in [0.1, 0.15) is 10.4 Å². The van der Waals surface area contributed by atoms with Crippen molar-refractivity contribution in [1.82, 2.24) is 9.97 Å². The van der Waals surface area contributed by atoms with Crippen LogP contribution in [0.5, 0.6) is 0 Å². The lowest BCUT2D eigenvalue weighted by molar-refractivity contribution is 0.0696. The topological polar surface area (TPSA) is 66.0 Å². The maximum absolute atomic E-state index is 10.6. The molecular weight excluding hydrogens is 283 g/mol. The van der Waals surface area contributed by atoms with E-state index in [0.717, 1.165) is 14.7 Å². The van der Waals surface area contributed by atoms with Gasteiger partial charge in [-0.05, 0) is 34.7 Å². The number of fused-ring (bicyclic) bond motifs is 1. The number of carbonyl (C=O) groups is 1. The molecule has 0 radical (unpaired) electrons. The summed E-state index contributed by atoms with van der Waals surface area (Å²) in [5.41, 5.74) is 0.928. The molecule has 0 saturated carbocycles. The van der Waals surface area contributed by atoms with Crippen LogP contribution in [0.3, 0.4) is 0 Å². The molecule has 0 aliphatic rings. The number of carboxylic acids is 1. The minimum atomic E-state index is -0.953. The van der Waals surface area contributed by atoms with Gasteiger partial charge in [0.2, 0.25) is 0 Å². The Morgan fingerprint density at radius 2 is 2.31 bits per heavy atom. The van der Waals surface area contributed by atoms with E-state index in [2.05, 4.69) is 32.6 Å². The SMILES string of the molecule is O=C(O)c1cnc2[nH]c(I)cc2c1. The van der Waals surface area contributed by atoms with Crippen molar-refractivity contribution in [1.29, 1.82) is 0 Å². The van der Waals surface area contributed by atoms with Crippen molar-refractivity contribution < 1.29 is 9.90 Å². The van der Waals surface area contributed by atoms with Gasteiger partial charge in [-0.2, -0.15) is 0 Å². The Balaban J connectivity index is 2.67. The van der Waals surface area contributed by atoms with E-state index in [-0.39, 0.29) is 5.56 Å². The highest BCUT2D eigenvalue weighted by atomic mass is 127. The average Bonchev–Trinajstić information content (AvgIpc) is 2.42. The number of halogens is 1. The second-order valence-electron chi connectivity index (χ2n) is 2.58. The Labute approximate surface area is 87.1 Å². The molecule has 4 nitrogen and oxygen atoms in total. The van der Waals surface area contributed by atoms with Gasteiger partial charge in [-0.25, -0.2) is 9.78 Å². The van der Waals surface area contributed by atoms with Crippen molar-refractivity contribution in [2.45, 2.75) is 0 Å². The van der Waals surface area contributed by atoms with Crippen LogP contribution >= 0.6 is 22.6 Å². The lowest BCUT2D eigenvalue weighted by Gasteiger charge is -1.92. The van der Waals surface area contributed by atoms with Crippen LogP contribution in [-0.4, -0.2) is 21.0 Å². The zero-order valence-electron chi connectivity index (χ0n) is 6.41. The maximum atomic E-state index is 10.6. The summed E-state index contributed by atoms with van der Waals surface area (Å²) in [4.78, 5) is 17.6. The van der Waals surface area contributed by atoms with E-state index < -0.39 is 5.97 Å². The molecule has 0 aliphatic heterocycles. The molecule has 2 aromatic heterocycles. The highest BCUT2D eigenvalue weighted by molar-refractivity contribution is 14.1. The lowest BCUT2D eigenvalue weighted by Crippen LogP contribution is -1.96. The summed E-state index contributed by atoms with van der Waals surface area (Å²) in [6.45, 7) is 0. The van der Waals surface area contributed by atoms with E-state index in [1.165, 1.54) is 6.20 Å². The fourth-order valence-electron chi connectivity index (χ4n) is 1.10. The lowest BCUT2D eigenvalue weighted by atomic mass is 10.2. The van der Waals surface area contributed by atoms with Gasteiger partial charge in [-0.3, -0.25) is 0 Å². The molecule has 2 rings (SSSR count). The molecule has 2 heterocycles. The predicted octanol–water partition coefficient (Wildman–Crippen LogP) is 1.87. The third kappa shape index (κ3) is 1.51. The van der Waals surface area contributed by atoms with Crippen molar-refractivity contribution in [2.24, 2.45) is 0 Å². The van der Waals surface area contributed by atoms with Crippen molar-refractivity contribution >= 4 is 39.6 Å². The summed E-state index contributed by atoms with van der Waals surface area (Å²) >= 11 is 2.12. The Morgan fingerprint density at radius 1 is 1.54 bits per heavy atom. The van der Waals surface area contributed by atoms with E-state index >= 15 is 0 Å². The fraction of sp³-hybridized carbons (Fsp3) is 0. The van der Waals surface area contributed by atoms with E-state index in [9.17, 15) is 4.79 Å². The molecule has 0 saturated heterocycles. The van der Waals surface area contributed by atoms with E-state index in [1.54, 1.807) is 6.07 Å². The van der Waals surface area contributed by atoms with Gasteiger partial charge >= 0.3 is 5.97 Å². The molecule has 0 amide bonds. The van der Waals surface area contributed by atoms with Gasteiger partial charge in [0.1, 0.15) is 5.65 Å². The first-order valence-corrected chi connectivity index (χ1v) is 4.62. The van der Waals surface area contributed by atoms with Crippen LogP contribution in [0.2, 0.25) is 0 Å². The number of carboxylic acid groups (broad SMARTS) is 1. The molecule has 66 valence electrons. The molecule has 0 spiro atoms. The monoisotopic (exact) mass is 288 g/mol. The summed E-state index contributed by atoms with van der Waals surface area (Å²) in [6, 6.07) is 3.46. The average molecular weight is 288 g/mol. The molecule has 0 atom stereocenters. The van der Waals surface area contributed by atoms with Crippen molar-refractivity contribution in [3.8, 4) is 0 Å². The van der Waals surface area contributed by atoms with Crippen molar-refractivity contribution in [2.75, 3.05) is 0 Å². The normalized spacial score (nSPS) is 10.5. The van der Waals surface area contributed by atoms with Gasteiger partial charge < -0.3 is 10.1 Å². The van der Waals surface area contributed by atoms with Crippen molar-refractivity contribution in [3.63, 3.8) is 0 Å². The highest BCUT2D eigenvalue weighted by Gasteiger charge is 2.05. The highest BCUT2D eigenvalue weighted by Crippen LogP contribution is 2.15. The molecule has 0 aromatic carbocycles. The largest absolute Gasteiger partial charge is 0.478 e. The number of aromatic nitrogens is 2. The van der Waals surface area contributed by atoms with Gasteiger partial charge in [-0.1, -0.05) is 0 Å². The molecular formula is C8H5IN2O2. The number of rotatable bonds is 1. The molecule has 0 unspecified atom stereocenters. The number of pyridine rings is 1. The van der Waals surface area contributed by atoms with Gasteiger partial charge in [0.05, 0.1) is 9.26 Å². The maximum Gasteiger partial charge on any atom is 0.337 e. The van der Waals surface area contributed by atoms with E-state index in [0.29, 0.717) is 0 Å². The first-order valence-electron chi connectivity index (χ1n) is 3.54. The molecule has 2 aromatic rings. The standard InChI is InChI=1S/C8H5IN2O2/c9-6-2-4-1-5(8(12)13)3-10-7(4)11-6/h1-3H,(H,10,11)(H,12,13). The minimum Gasteiger partial charge on any atom is -0.478 e. The van der Waals surface area contributed by atoms with Gasteiger partial charge in [-0.15, -0.1) is 0 Å². The number of aromatic amines is 1. The van der Waals surface area contributed by atoms with Crippen LogP contribution in [-0.2, 0) is 0 Å². The molecule has 0 aliphatic carbocycles. The fourth-order valence-corrected chi connectivity index (χ4v) is 1.69. The smallest absolute Gasteiger partial charge is 0.337 e. The third-order valence-corrected chi connectivity index (χ3v) is 2.27. The summed E-state index contributed by atoms with van der Waals surface area (Å²) < 4.78 is 0.947. The summed E-state index contributed by atoms with van der Waals surface area (Å²) in [5.74, 6) is -0.953. The van der Waals surface area contributed by atoms with Crippen LogP contribution in [0.4, 0.5) is 0 Å². The summed E-state index contributed by atoms with van der Waals surface area (Å²) in [6.07, 6.45) is 1.34. The van der Waals surface area contributed by atoms with Crippen LogP contribution < -0.4 is 0 Å². The number of H-pyrrole nitrogens is 1. The quantitative estimate of drug-likeness (QED) is 0.787. The predicted molar refractivity (Wildman–Crippen MR) is 55.8 cm³/mol. The first kappa shape index (κ1) is 8.49. The molecule has 5 heteroatoms. The molecule has 13 heavy (non-hydrogen) atoms. The zero-order chi connectivity index (χ0) is 9.42. The van der Waals surface area contributed by atoms with E-state index in [1.807, 2.05) is 6.07 Å². The Morgan fingerprint density at radius 3 is 3.00 bits per heavy atom. The van der Waals surface area contributed by atoms with Crippen LogP contribution in [0.15, 0.2) is 18.3 Å². The molecule has 0 fully saturated rings. The second kappa shape index (κ2) is 2.99. The Bertz CT molecular complexity index is 478. The number of aromatic carboxylic acids is 1. The number of nitrogens with zero attached hydrogens (tertiary/aromatic N) is 1. The zero-order valence-corrected chi connectivity index (χ0v) is 8.57. The number of nitrogens with one attached hydrogen (secondary N) is 1. The Kier molecular flexibility index (Phi) is 1.95. The number of hydrogen-bond acceptors (Lipinski definition) is 2. The Hall–Kier alpha value is -1.11. The molecule has 2 N–H and O–H groups in total. The van der Waals surface area contributed by atoms with Gasteiger partial charge in [0.15, 0.2) is 0 Å². The molecule has 0 bridgehead atoms. The minimum absolute atomic E-state index is 0.211. The first-order chi connectivity index (χ1) is 6.16. The third-order valence-electron chi connectivity index (χ3n) is 1.68. The second-order valence-corrected chi connectivity index (χ2v) is 3.75. The van der Waals surface area contributed by atoms with E-state index in [4.69, 9.17) is 5.11 Å². The number of hydrogen-bond donors (Lipinski definition) is 2. The van der Waals surface area contributed by atoms with Gasteiger partial charge in [0.25, 0.3) is 0 Å². The van der Waals surface area contributed by atoms with Crippen molar-refractivity contribution in [3.05, 3.63) is 27.6 Å². The van der Waals surface area contributed by atoms with Gasteiger partial charge in [0, 0.05) is 11.6 Å². The summed E-state index contributed by atoms with van der Waals surface area (Å²) in [5, 5.41) is 9.52.